The van der Waals surface area contributed by atoms with Crippen LogP contribution in [0, 0.1) is 47.0 Å². The van der Waals surface area contributed by atoms with Crippen molar-refractivity contribution >= 4 is 5.91 Å². The van der Waals surface area contributed by atoms with E-state index in [0.29, 0.717) is 56.7 Å². The van der Waals surface area contributed by atoms with Crippen LogP contribution in [-0.2, 0) is 5.41 Å². The zero-order valence-corrected chi connectivity index (χ0v) is 21.3. The van der Waals surface area contributed by atoms with Crippen molar-refractivity contribution in [1.29, 1.82) is 10.5 Å². The van der Waals surface area contributed by atoms with Gasteiger partial charge in [0.1, 0.15) is 5.82 Å². The molecule has 1 amide bonds. The highest BCUT2D eigenvalue weighted by Gasteiger charge is 2.38. The summed E-state index contributed by atoms with van der Waals surface area (Å²) in [6.07, 6.45) is 1.59. The summed E-state index contributed by atoms with van der Waals surface area (Å²) in [7, 11) is 0. The number of hydrogen-bond donors (Lipinski definition) is 2. The van der Waals surface area contributed by atoms with E-state index in [2.05, 4.69) is 21.3 Å². The lowest BCUT2D eigenvalue weighted by Crippen LogP contribution is -2.43. The van der Waals surface area contributed by atoms with E-state index >= 15 is 0 Å². The number of hydrogen-bond acceptors (Lipinski definition) is 5. The minimum absolute atomic E-state index is 0.171. The summed E-state index contributed by atoms with van der Waals surface area (Å²) in [6.45, 7) is 3.74. The van der Waals surface area contributed by atoms with E-state index in [1.165, 1.54) is 24.3 Å². The molecular formula is C29H26F3N5O2. The maximum Gasteiger partial charge on any atom is 0.253 e. The van der Waals surface area contributed by atoms with Gasteiger partial charge in [0.15, 0.2) is 11.6 Å². The SMILES string of the molecule is Cc1[nH]c(=O)cc(-c2ccc(F)c(F)c2)c1C(=O)NCCCN1CCC(C#N)(c2ccc(F)cc2C#N)CC1. The number of nitrogens with one attached hydrogen (secondary N) is 2. The van der Waals surface area contributed by atoms with Crippen LogP contribution in [0.4, 0.5) is 13.2 Å². The molecule has 10 heteroatoms. The number of H-pyrrole nitrogens is 1. The fourth-order valence-electron chi connectivity index (χ4n) is 5.09. The molecule has 200 valence electrons. The second-order valence-electron chi connectivity index (χ2n) is 9.62. The van der Waals surface area contributed by atoms with Crippen LogP contribution in [0.5, 0.6) is 0 Å². The molecule has 0 atom stereocenters. The van der Waals surface area contributed by atoms with Gasteiger partial charge in [0.2, 0.25) is 5.56 Å². The lowest BCUT2D eigenvalue weighted by molar-refractivity contribution is 0.0950. The van der Waals surface area contributed by atoms with Crippen molar-refractivity contribution < 1.29 is 18.0 Å². The van der Waals surface area contributed by atoms with Crippen molar-refractivity contribution in [2.24, 2.45) is 0 Å². The molecule has 0 spiro atoms. The average molecular weight is 534 g/mol. The molecule has 1 aromatic heterocycles. The largest absolute Gasteiger partial charge is 0.352 e. The predicted molar refractivity (Wildman–Crippen MR) is 138 cm³/mol. The summed E-state index contributed by atoms with van der Waals surface area (Å²) in [5.41, 5.74) is 0.289. The lowest BCUT2D eigenvalue weighted by Gasteiger charge is -2.38. The van der Waals surface area contributed by atoms with Gasteiger partial charge in [-0.05, 0) is 81.2 Å². The van der Waals surface area contributed by atoms with E-state index in [1.807, 2.05) is 6.07 Å². The molecular weight excluding hydrogens is 507 g/mol. The monoisotopic (exact) mass is 533 g/mol. The summed E-state index contributed by atoms with van der Waals surface area (Å²) in [5, 5.41) is 22.2. The van der Waals surface area contributed by atoms with Gasteiger partial charge in [0, 0.05) is 23.9 Å². The van der Waals surface area contributed by atoms with Gasteiger partial charge in [-0.3, -0.25) is 9.59 Å². The van der Waals surface area contributed by atoms with Crippen LogP contribution < -0.4 is 10.9 Å². The summed E-state index contributed by atoms with van der Waals surface area (Å²) < 4.78 is 40.8. The van der Waals surface area contributed by atoms with Gasteiger partial charge < -0.3 is 15.2 Å². The zero-order chi connectivity index (χ0) is 28.2. The molecule has 4 rings (SSSR count). The number of nitrogens with zero attached hydrogens (tertiary/aromatic N) is 3. The lowest BCUT2D eigenvalue weighted by atomic mass is 9.72. The quantitative estimate of drug-likeness (QED) is 0.440. The van der Waals surface area contributed by atoms with Gasteiger partial charge in [-0.2, -0.15) is 10.5 Å². The van der Waals surface area contributed by atoms with E-state index in [-0.39, 0.29) is 22.3 Å². The number of aryl methyl sites for hydroxylation is 1. The van der Waals surface area contributed by atoms with Gasteiger partial charge in [0.05, 0.1) is 28.7 Å². The molecule has 0 radical (unpaired) electrons. The number of aromatic amines is 1. The third-order valence-corrected chi connectivity index (χ3v) is 7.17. The van der Waals surface area contributed by atoms with E-state index in [0.717, 1.165) is 18.2 Å². The summed E-state index contributed by atoms with van der Waals surface area (Å²) >= 11 is 0. The number of pyridine rings is 1. The van der Waals surface area contributed by atoms with E-state index in [9.17, 15) is 33.3 Å². The van der Waals surface area contributed by atoms with Crippen LogP contribution in [-0.4, -0.2) is 42.0 Å². The van der Waals surface area contributed by atoms with Crippen molar-refractivity contribution in [1.82, 2.24) is 15.2 Å². The standard InChI is InChI=1S/C29H26F3N5O2/c1-18-27(22(15-26(38)36-18)19-3-6-24(31)25(32)14-19)28(39)35-9-2-10-37-11-7-29(17-34,8-12-37)23-5-4-21(30)13-20(23)16-33/h3-6,13-15H,2,7-12H2,1H3,(H,35,39)(H,36,38). The Labute approximate surface area is 223 Å². The first-order chi connectivity index (χ1) is 18.7. The number of rotatable bonds is 7. The van der Waals surface area contributed by atoms with Gasteiger partial charge in [-0.25, -0.2) is 13.2 Å². The van der Waals surface area contributed by atoms with Crippen LogP contribution in [0.25, 0.3) is 11.1 Å². The number of likely N-dealkylation sites (tertiary alicyclic amines) is 1. The molecule has 1 aliphatic rings. The molecule has 1 fully saturated rings. The van der Waals surface area contributed by atoms with Crippen molar-refractivity contribution in [3.8, 4) is 23.3 Å². The molecule has 1 aliphatic heterocycles. The Morgan fingerprint density at radius 3 is 2.49 bits per heavy atom. The molecule has 0 unspecified atom stereocenters. The van der Waals surface area contributed by atoms with Gasteiger partial charge in [0.25, 0.3) is 5.91 Å². The van der Waals surface area contributed by atoms with E-state index in [4.69, 9.17) is 0 Å². The summed E-state index contributed by atoms with van der Waals surface area (Å²) in [4.78, 5) is 29.8. The van der Waals surface area contributed by atoms with Crippen molar-refractivity contribution in [3.05, 3.63) is 92.7 Å². The number of piperidine rings is 1. The Kier molecular flexibility index (Phi) is 8.18. The Morgan fingerprint density at radius 1 is 1.08 bits per heavy atom. The smallest absolute Gasteiger partial charge is 0.253 e. The van der Waals surface area contributed by atoms with Gasteiger partial charge in [-0.15, -0.1) is 0 Å². The minimum Gasteiger partial charge on any atom is -0.352 e. The normalized spacial score (nSPS) is 14.8. The number of carbonyl (C=O) groups excluding carboxylic acids is 1. The number of benzene rings is 2. The predicted octanol–water partition coefficient (Wildman–Crippen LogP) is 4.32. The van der Waals surface area contributed by atoms with Crippen molar-refractivity contribution in [3.63, 3.8) is 0 Å². The highest BCUT2D eigenvalue weighted by molar-refractivity contribution is 6.01. The number of aromatic nitrogens is 1. The third-order valence-electron chi connectivity index (χ3n) is 7.17. The number of nitriles is 2. The fourth-order valence-corrected chi connectivity index (χ4v) is 5.09. The van der Waals surface area contributed by atoms with Gasteiger partial charge >= 0.3 is 0 Å². The van der Waals surface area contributed by atoms with Crippen LogP contribution in [0.15, 0.2) is 47.3 Å². The molecule has 3 aromatic rings. The number of amides is 1. The fraction of sp³-hybridized carbons (Fsp3) is 0.310. The molecule has 2 N–H and O–H groups in total. The molecule has 39 heavy (non-hydrogen) atoms. The van der Waals surface area contributed by atoms with Crippen molar-refractivity contribution in [2.75, 3.05) is 26.2 Å². The first-order valence-corrected chi connectivity index (χ1v) is 12.5. The number of halogens is 3. The summed E-state index contributed by atoms with van der Waals surface area (Å²) in [5.74, 6) is -3.08. The average Bonchev–Trinajstić information content (AvgIpc) is 2.92. The molecule has 0 aliphatic carbocycles. The Balaban J connectivity index is 1.37. The Bertz CT molecular complexity index is 1550. The van der Waals surface area contributed by atoms with Gasteiger partial charge in [-0.1, -0.05) is 12.1 Å². The highest BCUT2D eigenvalue weighted by Crippen LogP contribution is 2.37. The first-order valence-electron chi connectivity index (χ1n) is 12.5. The topological polar surface area (TPSA) is 113 Å². The number of carbonyl (C=O) groups is 1. The highest BCUT2D eigenvalue weighted by atomic mass is 19.2. The van der Waals surface area contributed by atoms with Crippen LogP contribution in [0.3, 0.4) is 0 Å². The van der Waals surface area contributed by atoms with Crippen LogP contribution in [0.1, 0.15) is 46.4 Å². The maximum absolute atomic E-state index is 13.8. The molecule has 1 saturated heterocycles. The summed E-state index contributed by atoms with van der Waals surface area (Å²) in [6, 6.07) is 12.7. The Morgan fingerprint density at radius 2 is 1.82 bits per heavy atom. The van der Waals surface area contributed by atoms with E-state index < -0.39 is 34.3 Å². The second-order valence-corrected chi connectivity index (χ2v) is 9.62. The zero-order valence-electron chi connectivity index (χ0n) is 21.3. The molecule has 0 saturated carbocycles. The van der Waals surface area contributed by atoms with Crippen molar-refractivity contribution in [2.45, 2.75) is 31.6 Å². The third kappa shape index (κ3) is 5.87. The van der Waals surface area contributed by atoms with Crippen LogP contribution >= 0.6 is 0 Å². The first kappa shape index (κ1) is 27.6. The Hall–Kier alpha value is -4.41. The minimum atomic E-state index is -1.08. The molecule has 0 bridgehead atoms. The second kappa shape index (κ2) is 11.5. The molecule has 2 aromatic carbocycles. The molecule has 7 nitrogen and oxygen atoms in total. The van der Waals surface area contributed by atoms with Crippen LogP contribution in [0.2, 0.25) is 0 Å². The van der Waals surface area contributed by atoms with E-state index in [1.54, 1.807) is 6.92 Å². The maximum atomic E-state index is 13.8. The molecule has 2 heterocycles.